The molecular weight excluding hydrogens is 162 g/mol. The molecule has 0 saturated carbocycles. The summed E-state index contributed by atoms with van der Waals surface area (Å²) < 4.78 is 5.23. The van der Waals surface area contributed by atoms with Gasteiger partial charge in [-0.1, -0.05) is 20.8 Å². The molecule has 0 atom stereocenters. The van der Waals surface area contributed by atoms with Gasteiger partial charge in [0.25, 0.3) is 0 Å². The van der Waals surface area contributed by atoms with Crippen LogP contribution in [0.25, 0.3) is 0 Å². The van der Waals surface area contributed by atoms with Crippen LogP contribution in [0.3, 0.4) is 0 Å². The molecular formula is C11H17NO. The van der Waals surface area contributed by atoms with Crippen molar-refractivity contribution in [2.75, 3.05) is 7.11 Å². The van der Waals surface area contributed by atoms with Crippen LogP contribution >= 0.6 is 0 Å². The van der Waals surface area contributed by atoms with Gasteiger partial charge in [-0.25, -0.2) is 0 Å². The lowest BCUT2D eigenvalue weighted by Gasteiger charge is -2.19. The first-order valence-corrected chi connectivity index (χ1v) is 4.50. The van der Waals surface area contributed by atoms with Crippen LogP contribution in [0.2, 0.25) is 0 Å². The van der Waals surface area contributed by atoms with Gasteiger partial charge < -0.3 is 4.74 Å². The van der Waals surface area contributed by atoms with Gasteiger partial charge in [0.1, 0.15) is 5.75 Å². The first-order chi connectivity index (χ1) is 6.03. The smallest absolute Gasteiger partial charge is 0.140 e. The average Bonchev–Trinajstić information content (AvgIpc) is 2.02. The van der Waals surface area contributed by atoms with E-state index in [1.165, 1.54) is 5.56 Å². The van der Waals surface area contributed by atoms with Gasteiger partial charge in [-0.05, 0) is 23.5 Å². The molecule has 13 heavy (non-hydrogen) atoms. The van der Waals surface area contributed by atoms with Crippen molar-refractivity contribution in [3.8, 4) is 5.75 Å². The van der Waals surface area contributed by atoms with Gasteiger partial charge in [-0.2, -0.15) is 0 Å². The maximum Gasteiger partial charge on any atom is 0.140 e. The summed E-state index contributed by atoms with van der Waals surface area (Å²) in [7, 11) is 1.68. The molecule has 0 radical (unpaired) electrons. The lowest BCUT2D eigenvalue weighted by molar-refractivity contribution is 0.377. The molecule has 2 nitrogen and oxygen atoms in total. The fourth-order valence-corrected chi connectivity index (χ4v) is 1.31. The topological polar surface area (TPSA) is 22.1 Å². The Kier molecular flexibility index (Phi) is 2.91. The Bertz CT molecular complexity index is 276. The van der Waals surface area contributed by atoms with Gasteiger partial charge >= 0.3 is 0 Å². The molecule has 0 fully saturated rings. The standard InChI is InChI=1S/C11H17NO/c1-11(2,3)7-9-5-6-12-8-10(9)13-4/h5-6,8H,7H2,1-4H3. The molecule has 0 aliphatic carbocycles. The van der Waals surface area contributed by atoms with Gasteiger partial charge in [0.15, 0.2) is 0 Å². The summed E-state index contributed by atoms with van der Waals surface area (Å²) in [5, 5.41) is 0. The number of pyridine rings is 1. The Hall–Kier alpha value is -1.05. The van der Waals surface area contributed by atoms with Gasteiger partial charge in [-0.15, -0.1) is 0 Å². The Labute approximate surface area is 80.0 Å². The van der Waals surface area contributed by atoms with Crippen molar-refractivity contribution in [2.45, 2.75) is 27.2 Å². The van der Waals surface area contributed by atoms with E-state index in [4.69, 9.17) is 4.74 Å². The minimum absolute atomic E-state index is 0.286. The van der Waals surface area contributed by atoms with Crippen LogP contribution in [0.1, 0.15) is 26.3 Å². The lowest BCUT2D eigenvalue weighted by atomic mass is 9.88. The van der Waals surface area contributed by atoms with E-state index in [0.717, 1.165) is 12.2 Å². The maximum atomic E-state index is 5.23. The predicted octanol–water partition coefficient (Wildman–Crippen LogP) is 2.68. The molecule has 0 aromatic carbocycles. The summed E-state index contributed by atoms with van der Waals surface area (Å²) in [6.45, 7) is 6.65. The zero-order chi connectivity index (χ0) is 9.90. The molecule has 1 aromatic heterocycles. The van der Waals surface area contributed by atoms with Crippen LogP contribution in [-0.2, 0) is 6.42 Å². The quantitative estimate of drug-likeness (QED) is 0.696. The first kappa shape index (κ1) is 10.0. The Morgan fingerprint density at radius 1 is 1.38 bits per heavy atom. The van der Waals surface area contributed by atoms with Crippen molar-refractivity contribution in [1.82, 2.24) is 4.98 Å². The zero-order valence-electron chi connectivity index (χ0n) is 8.79. The Balaban J connectivity index is 2.87. The molecule has 0 N–H and O–H groups in total. The van der Waals surface area contributed by atoms with Crippen LogP contribution < -0.4 is 4.74 Å². The van der Waals surface area contributed by atoms with E-state index in [1.54, 1.807) is 13.3 Å². The van der Waals surface area contributed by atoms with Crippen molar-refractivity contribution in [3.05, 3.63) is 24.0 Å². The molecule has 72 valence electrons. The molecule has 0 amide bonds. The number of methoxy groups -OCH3 is 1. The Morgan fingerprint density at radius 2 is 2.08 bits per heavy atom. The van der Waals surface area contributed by atoms with Crippen molar-refractivity contribution in [2.24, 2.45) is 5.41 Å². The first-order valence-electron chi connectivity index (χ1n) is 4.50. The second-order valence-electron chi connectivity index (χ2n) is 4.42. The van der Waals surface area contributed by atoms with E-state index in [0.29, 0.717) is 0 Å². The van der Waals surface area contributed by atoms with E-state index in [-0.39, 0.29) is 5.41 Å². The highest BCUT2D eigenvalue weighted by Gasteiger charge is 2.13. The van der Waals surface area contributed by atoms with E-state index >= 15 is 0 Å². The molecule has 0 unspecified atom stereocenters. The maximum absolute atomic E-state index is 5.23. The fraction of sp³-hybridized carbons (Fsp3) is 0.545. The highest BCUT2D eigenvalue weighted by atomic mass is 16.5. The summed E-state index contributed by atoms with van der Waals surface area (Å²) in [4.78, 5) is 4.02. The summed E-state index contributed by atoms with van der Waals surface area (Å²) in [5.41, 5.74) is 1.51. The number of ether oxygens (including phenoxy) is 1. The lowest BCUT2D eigenvalue weighted by Crippen LogP contribution is -2.10. The van der Waals surface area contributed by atoms with Gasteiger partial charge in [0, 0.05) is 6.20 Å². The van der Waals surface area contributed by atoms with Crippen molar-refractivity contribution >= 4 is 0 Å². The van der Waals surface area contributed by atoms with E-state index < -0.39 is 0 Å². The second kappa shape index (κ2) is 3.77. The minimum atomic E-state index is 0.286. The molecule has 0 spiro atoms. The van der Waals surface area contributed by atoms with Crippen LogP contribution in [0, 0.1) is 5.41 Å². The molecule has 0 bridgehead atoms. The number of hydrogen-bond acceptors (Lipinski definition) is 2. The van der Waals surface area contributed by atoms with E-state index in [1.807, 2.05) is 12.3 Å². The van der Waals surface area contributed by atoms with Gasteiger partial charge in [0.05, 0.1) is 13.3 Å². The average molecular weight is 179 g/mol. The molecule has 2 heteroatoms. The van der Waals surface area contributed by atoms with Crippen LogP contribution in [0.4, 0.5) is 0 Å². The summed E-state index contributed by atoms with van der Waals surface area (Å²) in [6.07, 6.45) is 4.59. The SMILES string of the molecule is COc1cnccc1CC(C)(C)C. The zero-order valence-corrected chi connectivity index (χ0v) is 8.79. The third-order valence-electron chi connectivity index (χ3n) is 1.81. The fourth-order valence-electron chi connectivity index (χ4n) is 1.31. The summed E-state index contributed by atoms with van der Waals surface area (Å²) in [5.74, 6) is 0.887. The third-order valence-corrected chi connectivity index (χ3v) is 1.81. The van der Waals surface area contributed by atoms with E-state index in [2.05, 4.69) is 25.8 Å². The molecule has 1 heterocycles. The highest BCUT2D eigenvalue weighted by Crippen LogP contribution is 2.25. The molecule has 0 saturated heterocycles. The molecule has 0 aliphatic rings. The van der Waals surface area contributed by atoms with Crippen LogP contribution in [-0.4, -0.2) is 12.1 Å². The van der Waals surface area contributed by atoms with Gasteiger partial charge in [-0.3, -0.25) is 4.98 Å². The Morgan fingerprint density at radius 3 is 2.62 bits per heavy atom. The van der Waals surface area contributed by atoms with Crippen LogP contribution in [0.15, 0.2) is 18.5 Å². The molecule has 1 aromatic rings. The monoisotopic (exact) mass is 179 g/mol. The van der Waals surface area contributed by atoms with Crippen molar-refractivity contribution in [1.29, 1.82) is 0 Å². The number of nitrogens with zero attached hydrogens (tertiary/aromatic N) is 1. The normalized spacial score (nSPS) is 11.4. The van der Waals surface area contributed by atoms with Crippen LogP contribution in [0.5, 0.6) is 5.75 Å². The van der Waals surface area contributed by atoms with E-state index in [9.17, 15) is 0 Å². The summed E-state index contributed by atoms with van der Waals surface area (Å²) >= 11 is 0. The number of aromatic nitrogens is 1. The summed E-state index contributed by atoms with van der Waals surface area (Å²) in [6, 6.07) is 2.02. The minimum Gasteiger partial charge on any atom is -0.495 e. The van der Waals surface area contributed by atoms with Crippen molar-refractivity contribution in [3.63, 3.8) is 0 Å². The number of hydrogen-bond donors (Lipinski definition) is 0. The predicted molar refractivity (Wildman–Crippen MR) is 53.9 cm³/mol. The van der Waals surface area contributed by atoms with Crippen molar-refractivity contribution < 1.29 is 4.74 Å². The van der Waals surface area contributed by atoms with Gasteiger partial charge in [0.2, 0.25) is 0 Å². The number of rotatable bonds is 2. The second-order valence-corrected chi connectivity index (χ2v) is 4.42. The third kappa shape index (κ3) is 3.05. The molecule has 1 rings (SSSR count). The largest absolute Gasteiger partial charge is 0.495 e. The molecule has 0 aliphatic heterocycles. The highest BCUT2D eigenvalue weighted by molar-refractivity contribution is 5.30.